The van der Waals surface area contributed by atoms with E-state index in [-0.39, 0.29) is 25.7 Å². The molecule has 7 nitrogen and oxygen atoms in total. The zero-order valence-corrected chi connectivity index (χ0v) is 18.0. The van der Waals surface area contributed by atoms with Crippen molar-refractivity contribution in [1.82, 2.24) is 5.32 Å². The van der Waals surface area contributed by atoms with Crippen molar-refractivity contribution in [1.29, 1.82) is 0 Å². The second-order valence-electron chi connectivity index (χ2n) is 8.45. The summed E-state index contributed by atoms with van der Waals surface area (Å²) in [6.45, 7) is 1.70. The van der Waals surface area contributed by atoms with Gasteiger partial charge in [0.25, 0.3) is 0 Å². The summed E-state index contributed by atoms with van der Waals surface area (Å²) in [4.78, 5) is 24.7. The molecule has 3 aromatic carbocycles. The molecule has 1 atom stereocenters. The predicted molar refractivity (Wildman–Crippen MR) is 121 cm³/mol. The fourth-order valence-electron chi connectivity index (χ4n) is 4.49. The van der Waals surface area contributed by atoms with E-state index in [1.165, 1.54) is 6.92 Å². The third-order valence-electron chi connectivity index (χ3n) is 6.19. The number of hydrogen-bond acceptors (Lipinski definition) is 5. The van der Waals surface area contributed by atoms with Crippen LogP contribution in [0.25, 0.3) is 11.1 Å². The third kappa shape index (κ3) is 3.86. The molecule has 2 aliphatic rings. The number of carbonyl (C=O) groups is 2. The molecule has 0 spiro atoms. The average Bonchev–Trinajstić information content (AvgIpc) is 3.39. The highest BCUT2D eigenvalue weighted by Gasteiger charge is 2.37. The lowest BCUT2D eigenvalue weighted by Gasteiger charge is -2.26. The summed E-state index contributed by atoms with van der Waals surface area (Å²) < 4.78 is 16.2. The van der Waals surface area contributed by atoms with Crippen molar-refractivity contribution in [2.24, 2.45) is 0 Å². The van der Waals surface area contributed by atoms with Gasteiger partial charge in [-0.1, -0.05) is 54.6 Å². The minimum Gasteiger partial charge on any atom is -0.480 e. The molecular formula is C26H23NO6. The molecule has 0 bridgehead atoms. The van der Waals surface area contributed by atoms with Crippen molar-refractivity contribution in [3.05, 3.63) is 83.4 Å². The van der Waals surface area contributed by atoms with Crippen molar-refractivity contribution in [3.8, 4) is 22.6 Å². The number of ether oxygens (including phenoxy) is 3. The van der Waals surface area contributed by atoms with Crippen LogP contribution in [0.2, 0.25) is 0 Å². The van der Waals surface area contributed by atoms with Crippen LogP contribution in [-0.4, -0.2) is 36.1 Å². The number of nitrogens with one attached hydrogen (secondary N) is 1. The molecule has 0 radical (unpaired) electrons. The van der Waals surface area contributed by atoms with Gasteiger partial charge in [-0.2, -0.15) is 0 Å². The highest BCUT2D eigenvalue weighted by atomic mass is 16.7. The van der Waals surface area contributed by atoms with Gasteiger partial charge in [-0.05, 0) is 46.9 Å². The molecule has 2 N–H and O–H groups in total. The van der Waals surface area contributed by atoms with E-state index < -0.39 is 17.6 Å². The summed E-state index contributed by atoms with van der Waals surface area (Å²) in [5.74, 6) is -0.0941. The van der Waals surface area contributed by atoms with E-state index in [0.717, 1.165) is 22.3 Å². The Morgan fingerprint density at radius 3 is 2.30 bits per heavy atom. The molecule has 0 fully saturated rings. The minimum atomic E-state index is -1.56. The van der Waals surface area contributed by atoms with Crippen LogP contribution in [0.4, 0.5) is 4.79 Å². The Hall–Kier alpha value is -4.00. The summed E-state index contributed by atoms with van der Waals surface area (Å²) in [6.07, 6.45) is -0.717. The highest BCUT2D eigenvalue weighted by molar-refractivity contribution is 5.84. The highest BCUT2D eigenvalue weighted by Crippen LogP contribution is 2.44. The van der Waals surface area contributed by atoms with Gasteiger partial charge in [0.15, 0.2) is 11.5 Å². The maximum atomic E-state index is 12.7. The molecule has 1 aliphatic heterocycles. The fourth-order valence-corrected chi connectivity index (χ4v) is 4.49. The first-order chi connectivity index (χ1) is 15.9. The van der Waals surface area contributed by atoms with Gasteiger partial charge in [0.1, 0.15) is 12.1 Å². The average molecular weight is 445 g/mol. The largest absolute Gasteiger partial charge is 0.480 e. The lowest BCUT2D eigenvalue weighted by atomic mass is 9.93. The molecule has 5 rings (SSSR count). The molecule has 1 amide bonds. The maximum Gasteiger partial charge on any atom is 0.408 e. The number of carboxylic acid groups (broad SMARTS) is 1. The predicted octanol–water partition coefficient (Wildman–Crippen LogP) is 4.34. The lowest BCUT2D eigenvalue weighted by Crippen LogP contribution is -2.54. The molecule has 3 aromatic rings. The number of amides is 1. The number of alkyl carbamates (subject to hydrolysis) is 1. The fraction of sp³-hybridized carbons (Fsp3) is 0.231. The van der Waals surface area contributed by atoms with Crippen molar-refractivity contribution >= 4 is 12.1 Å². The molecule has 33 heavy (non-hydrogen) atoms. The zero-order chi connectivity index (χ0) is 23.0. The minimum absolute atomic E-state index is 0.0587. The summed E-state index contributed by atoms with van der Waals surface area (Å²) in [5.41, 5.74) is 3.57. The van der Waals surface area contributed by atoms with Gasteiger partial charge in [-0.15, -0.1) is 0 Å². The van der Waals surface area contributed by atoms with E-state index in [9.17, 15) is 14.7 Å². The normalized spacial score (nSPS) is 15.3. The Morgan fingerprint density at radius 1 is 1.00 bits per heavy atom. The van der Waals surface area contributed by atoms with Gasteiger partial charge in [0, 0.05) is 12.3 Å². The zero-order valence-electron chi connectivity index (χ0n) is 18.0. The Balaban J connectivity index is 1.29. The third-order valence-corrected chi connectivity index (χ3v) is 6.19. The molecule has 7 heteroatoms. The number of fused-ring (bicyclic) bond motifs is 4. The van der Waals surface area contributed by atoms with Gasteiger partial charge in [0.05, 0.1) is 0 Å². The van der Waals surface area contributed by atoms with E-state index in [0.29, 0.717) is 17.1 Å². The maximum absolute atomic E-state index is 12.7. The van der Waals surface area contributed by atoms with Gasteiger partial charge in [-0.3, -0.25) is 0 Å². The standard InChI is InChI=1S/C26H23NO6/c1-26(24(28)29,13-16-10-11-22-23(12-16)33-15-32-22)27-25(30)31-14-21-19-8-4-2-6-17(19)18-7-3-5-9-20(18)21/h2-12,21H,13-15H2,1H3,(H,27,30)(H,28,29). The first kappa shape index (κ1) is 20.9. The Labute approximate surface area is 190 Å². The van der Waals surface area contributed by atoms with Crippen LogP contribution in [-0.2, 0) is 16.0 Å². The topological polar surface area (TPSA) is 94.1 Å². The molecule has 0 saturated heterocycles. The molecule has 1 aliphatic carbocycles. The summed E-state index contributed by atoms with van der Waals surface area (Å²) in [5, 5.41) is 12.4. The van der Waals surface area contributed by atoms with E-state index in [1.54, 1.807) is 18.2 Å². The number of carboxylic acids is 1. The van der Waals surface area contributed by atoms with Crippen molar-refractivity contribution in [2.75, 3.05) is 13.4 Å². The first-order valence-electron chi connectivity index (χ1n) is 10.7. The summed E-state index contributed by atoms with van der Waals surface area (Å²) >= 11 is 0. The van der Waals surface area contributed by atoms with Gasteiger partial charge >= 0.3 is 12.1 Å². The molecule has 0 aromatic heterocycles. The van der Waals surface area contributed by atoms with Crippen molar-refractivity contribution < 1.29 is 28.9 Å². The number of rotatable bonds is 6. The Morgan fingerprint density at radius 2 is 1.64 bits per heavy atom. The van der Waals surface area contributed by atoms with Crippen LogP contribution in [0.15, 0.2) is 66.7 Å². The number of benzene rings is 3. The van der Waals surface area contributed by atoms with Crippen LogP contribution < -0.4 is 14.8 Å². The second-order valence-corrected chi connectivity index (χ2v) is 8.45. The molecule has 1 unspecified atom stereocenters. The molecule has 0 saturated carbocycles. The van der Waals surface area contributed by atoms with Crippen LogP contribution in [0, 0.1) is 0 Å². The quantitative estimate of drug-likeness (QED) is 0.586. The smallest absolute Gasteiger partial charge is 0.408 e. The number of carbonyl (C=O) groups excluding carboxylic acids is 1. The molecule has 168 valence electrons. The summed E-state index contributed by atoms with van der Waals surface area (Å²) in [6, 6.07) is 21.3. The summed E-state index contributed by atoms with van der Waals surface area (Å²) in [7, 11) is 0. The lowest BCUT2D eigenvalue weighted by molar-refractivity contribution is -0.143. The van der Waals surface area contributed by atoms with E-state index in [1.807, 2.05) is 36.4 Å². The molecular weight excluding hydrogens is 422 g/mol. The van der Waals surface area contributed by atoms with Crippen LogP contribution in [0.3, 0.4) is 0 Å². The number of hydrogen-bond donors (Lipinski definition) is 2. The van der Waals surface area contributed by atoms with Gasteiger partial charge in [-0.25, -0.2) is 9.59 Å². The van der Waals surface area contributed by atoms with Crippen LogP contribution in [0.1, 0.15) is 29.5 Å². The monoisotopic (exact) mass is 445 g/mol. The first-order valence-corrected chi connectivity index (χ1v) is 10.7. The van der Waals surface area contributed by atoms with Crippen molar-refractivity contribution in [3.63, 3.8) is 0 Å². The number of aliphatic carboxylic acids is 1. The Bertz CT molecular complexity index is 1190. The van der Waals surface area contributed by atoms with Gasteiger partial charge in [0.2, 0.25) is 6.79 Å². The van der Waals surface area contributed by atoms with Gasteiger partial charge < -0.3 is 24.6 Å². The van der Waals surface area contributed by atoms with E-state index in [4.69, 9.17) is 14.2 Å². The van der Waals surface area contributed by atoms with E-state index in [2.05, 4.69) is 17.4 Å². The second kappa shape index (κ2) is 8.16. The van der Waals surface area contributed by atoms with Crippen molar-refractivity contribution in [2.45, 2.75) is 24.8 Å². The van der Waals surface area contributed by atoms with Crippen LogP contribution in [0.5, 0.6) is 11.5 Å². The van der Waals surface area contributed by atoms with Crippen LogP contribution >= 0.6 is 0 Å². The van der Waals surface area contributed by atoms with E-state index >= 15 is 0 Å². The SMILES string of the molecule is CC(Cc1ccc2c(c1)OCO2)(NC(=O)OCC1c2ccccc2-c2ccccc21)C(=O)O. The Kier molecular flexibility index (Phi) is 5.17. The molecule has 1 heterocycles.